The van der Waals surface area contributed by atoms with E-state index in [0.717, 1.165) is 24.1 Å². The molecule has 1 aliphatic heterocycles. The Morgan fingerprint density at radius 3 is 2.95 bits per heavy atom. The molecular formula is C17H24N2O3. The number of unbranched alkanes of at least 4 members (excludes halogenated alkanes) is 3. The number of amides is 2. The summed E-state index contributed by atoms with van der Waals surface area (Å²) in [7, 11) is 0. The van der Waals surface area contributed by atoms with Gasteiger partial charge in [0.05, 0.1) is 0 Å². The van der Waals surface area contributed by atoms with Gasteiger partial charge in [0.2, 0.25) is 5.91 Å². The predicted octanol–water partition coefficient (Wildman–Crippen LogP) is 2.65. The smallest absolute Gasteiger partial charge is 0.257 e. The molecule has 1 aromatic carbocycles. The highest BCUT2D eigenvalue weighted by atomic mass is 16.5. The quantitative estimate of drug-likeness (QED) is 0.726. The molecule has 1 aliphatic rings. The zero-order valence-electron chi connectivity index (χ0n) is 13.1. The zero-order chi connectivity index (χ0) is 15.8. The van der Waals surface area contributed by atoms with Crippen molar-refractivity contribution in [2.75, 3.05) is 18.5 Å². The number of benzene rings is 1. The van der Waals surface area contributed by atoms with Crippen molar-refractivity contribution >= 4 is 17.5 Å². The minimum absolute atomic E-state index is 0.0267. The van der Waals surface area contributed by atoms with E-state index in [-0.39, 0.29) is 18.4 Å². The number of rotatable bonds is 8. The third-order valence-corrected chi connectivity index (χ3v) is 3.69. The van der Waals surface area contributed by atoms with Crippen LogP contribution in [-0.2, 0) is 16.0 Å². The zero-order valence-corrected chi connectivity index (χ0v) is 13.1. The summed E-state index contributed by atoms with van der Waals surface area (Å²) in [6.07, 6.45) is 5.76. The standard InChI is InChI=1S/C17H24N2O3/c1-2-3-4-5-10-18-17(21)12-22-14-7-8-15-13(11-14)6-9-16(20)19-15/h7-8,11H,2-6,9-10,12H2,1H3,(H,18,21)(H,19,20). The lowest BCUT2D eigenvalue weighted by atomic mass is 10.0. The Kier molecular flexibility index (Phi) is 6.25. The Hall–Kier alpha value is -2.04. The Balaban J connectivity index is 1.72. The number of anilines is 1. The summed E-state index contributed by atoms with van der Waals surface area (Å²) in [6, 6.07) is 5.49. The lowest BCUT2D eigenvalue weighted by Crippen LogP contribution is -2.29. The topological polar surface area (TPSA) is 67.4 Å². The fourth-order valence-electron chi connectivity index (χ4n) is 2.43. The molecule has 0 radical (unpaired) electrons. The fraction of sp³-hybridized carbons (Fsp3) is 0.529. The first-order valence-electron chi connectivity index (χ1n) is 8.01. The first-order valence-corrected chi connectivity index (χ1v) is 8.01. The van der Waals surface area contributed by atoms with Gasteiger partial charge < -0.3 is 15.4 Å². The summed E-state index contributed by atoms with van der Waals surface area (Å²) in [4.78, 5) is 23.0. The maximum Gasteiger partial charge on any atom is 0.257 e. The molecule has 0 saturated carbocycles. The summed E-state index contributed by atoms with van der Waals surface area (Å²) in [6.45, 7) is 2.90. The van der Waals surface area contributed by atoms with Crippen molar-refractivity contribution in [2.45, 2.75) is 45.4 Å². The molecule has 0 aromatic heterocycles. The molecule has 5 nitrogen and oxygen atoms in total. The summed E-state index contributed by atoms with van der Waals surface area (Å²) in [5, 5.41) is 5.68. The van der Waals surface area contributed by atoms with Gasteiger partial charge in [0.1, 0.15) is 5.75 Å². The van der Waals surface area contributed by atoms with E-state index in [1.54, 1.807) is 6.07 Å². The highest BCUT2D eigenvalue weighted by molar-refractivity contribution is 5.94. The van der Waals surface area contributed by atoms with Gasteiger partial charge in [-0.15, -0.1) is 0 Å². The van der Waals surface area contributed by atoms with Crippen LogP contribution in [0.2, 0.25) is 0 Å². The second kappa shape index (κ2) is 8.41. The number of aryl methyl sites for hydroxylation is 1. The monoisotopic (exact) mass is 304 g/mol. The van der Waals surface area contributed by atoms with E-state index in [1.165, 1.54) is 12.8 Å². The average Bonchev–Trinajstić information content (AvgIpc) is 2.52. The van der Waals surface area contributed by atoms with E-state index in [0.29, 0.717) is 25.1 Å². The van der Waals surface area contributed by atoms with Crippen LogP contribution in [0.15, 0.2) is 18.2 Å². The number of hydrogen-bond acceptors (Lipinski definition) is 3. The number of nitrogens with one attached hydrogen (secondary N) is 2. The van der Waals surface area contributed by atoms with Crippen molar-refractivity contribution < 1.29 is 14.3 Å². The van der Waals surface area contributed by atoms with Gasteiger partial charge in [0.15, 0.2) is 6.61 Å². The predicted molar refractivity (Wildman–Crippen MR) is 86.0 cm³/mol. The molecular weight excluding hydrogens is 280 g/mol. The normalized spacial score (nSPS) is 13.2. The second-order valence-corrected chi connectivity index (χ2v) is 5.57. The Labute approximate surface area is 131 Å². The Morgan fingerprint density at radius 1 is 1.27 bits per heavy atom. The van der Waals surface area contributed by atoms with E-state index in [1.807, 2.05) is 12.1 Å². The van der Waals surface area contributed by atoms with Gasteiger partial charge in [-0.05, 0) is 36.6 Å². The highest BCUT2D eigenvalue weighted by Crippen LogP contribution is 2.26. The number of carbonyl (C=O) groups is 2. The van der Waals surface area contributed by atoms with Crippen LogP contribution < -0.4 is 15.4 Å². The number of ether oxygens (including phenoxy) is 1. The van der Waals surface area contributed by atoms with Crippen molar-refractivity contribution in [1.82, 2.24) is 5.32 Å². The molecule has 22 heavy (non-hydrogen) atoms. The highest BCUT2D eigenvalue weighted by Gasteiger charge is 2.15. The van der Waals surface area contributed by atoms with Gasteiger partial charge in [-0.1, -0.05) is 26.2 Å². The minimum atomic E-state index is -0.0949. The Morgan fingerprint density at radius 2 is 2.14 bits per heavy atom. The summed E-state index contributed by atoms with van der Waals surface area (Å²) in [5.41, 5.74) is 1.89. The number of carbonyl (C=O) groups excluding carboxylic acids is 2. The summed E-state index contributed by atoms with van der Waals surface area (Å²) in [5.74, 6) is 0.613. The van der Waals surface area contributed by atoms with Crippen molar-refractivity contribution in [3.8, 4) is 5.75 Å². The first-order chi connectivity index (χ1) is 10.7. The second-order valence-electron chi connectivity index (χ2n) is 5.57. The van der Waals surface area contributed by atoms with Crippen LogP contribution in [0.25, 0.3) is 0 Å². The van der Waals surface area contributed by atoms with Gasteiger partial charge >= 0.3 is 0 Å². The van der Waals surface area contributed by atoms with Crippen molar-refractivity contribution in [1.29, 1.82) is 0 Å². The van der Waals surface area contributed by atoms with E-state index in [2.05, 4.69) is 17.6 Å². The molecule has 120 valence electrons. The number of hydrogen-bond donors (Lipinski definition) is 2. The first kappa shape index (κ1) is 16.3. The van der Waals surface area contributed by atoms with Crippen molar-refractivity contribution in [3.63, 3.8) is 0 Å². The molecule has 0 aliphatic carbocycles. The van der Waals surface area contributed by atoms with E-state index >= 15 is 0 Å². The maximum atomic E-state index is 11.7. The molecule has 0 unspecified atom stereocenters. The molecule has 0 fully saturated rings. The molecule has 2 amide bonds. The van der Waals surface area contributed by atoms with Crippen LogP contribution >= 0.6 is 0 Å². The van der Waals surface area contributed by atoms with Crippen molar-refractivity contribution in [2.24, 2.45) is 0 Å². The van der Waals surface area contributed by atoms with Gasteiger partial charge in [0.25, 0.3) is 5.91 Å². The largest absolute Gasteiger partial charge is 0.484 e. The molecule has 1 heterocycles. The van der Waals surface area contributed by atoms with Gasteiger partial charge in [-0.2, -0.15) is 0 Å². The average molecular weight is 304 g/mol. The van der Waals surface area contributed by atoms with Crippen molar-refractivity contribution in [3.05, 3.63) is 23.8 Å². The SMILES string of the molecule is CCCCCCNC(=O)COc1ccc2c(c1)CCC(=O)N2. The van der Waals surface area contributed by atoms with Crippen LogP contribution in [-0.4, -0.2) is 25.0 Å². The lowest BCUT2D eigenvalue weighted by Gasteiger charge is -2.17. The van der Waals surface area contributed by atoms with Gasteiger partial charge in [0, 0.05) is 18.7 Å². The lowest BCUT2D eigenvalue weighted by molar-refractivity contribution is -0.123. The third kappa shape index (κ3) is 5.06. The molecule has 0 spiro atoms. The molecule has 2 rings (SSSR count). The van der Waals surface area contributed by atoms with Crippen LogP contribution in [0.4, 0.5) is 5.69 Å². The van der Waals surface area contributed by atoms with Crippen LogP contribution in [0.1, 0.15) is 44.6 Å². The maximum absolute atomic E-state index is 11.7. The van der Waals surface area contributed by atoms with E-state index in [4.69, 9.17) is 4.74 Å². The molecule has 5 heteroatoms. The van der Waals surface area contributed by atoms with E-state index in [9.17, 15) is 9.59 Å². The van der Waals surface area contributed by atoms with Crippen LogP contribution in [0.3, 0.4) is 0 Å². The number of fused-ring (bicyclic) bond motifs is 1. The molecule has 2 N–H and O–H groups in total. The summed E-state index contributed by atoms with van der Waals surface area (Å²) >= 11 is 0. The van der Waals surface area contributed by atoms with E-state index < -0.39 is 0 Å². The van der Waals surface area contributed by atoms with Gasteiger partial charge in [-0.25, -0.2) is 0 Å². The van der Waals surface area contributed by atoms with Crippen LogP contribution in [0.5, 0.6) is 5.75 Å². The third-order valence-electron chi connectivity index (χ3n) is 3.69. The molecule has 0 bridgehead atoms. The van der Waals surface area contributed by atoms with Gasteiger partial charge in [-0.3, -0.25) is 9.59 Å². The Bertz CT molecular complexity index is 529. The minimum Gasteiger partial charge on any atom is -0.484 e. The van der Waals surface area contributed by atoms with Crippen LogP contribution in [0, 0.1) is 0 Å². The summed E-state index contributed by atoms with van der Waals surface area (Å²) < 4.78 is 5.51. The molecule has 0 saturated heterocycles. The fourth-order valence-corrected chi connectivity index (χ4v) is 2.43. The molecule has 1 aromatic rings. The molecule has 0 atom stereocenters.